The number of carbonyl (C=O) groups is 2. The van der Waals surface area contributed by atoms with Crippen LogP contribution in [0.5, 0.6) is 0 Å². The van der Waals surface area contributed by atoms with Crippen LogP contribution < -0.4 is 4.31 Å². The number of fused-ring (bicyclic) bond motifs is 1. The van der Waals surface area contributed by atoms with Gasteiger partial charge >= 0.3 is 11.9 Å². The third-order valence-corrected chi connectivity index (χ3v) is 7.20. The molecule has 0 aliphatic rings. The maximum absolute atomic E-state index is 13.4. The molecular formula is C23H24Cl2N2O6S. The third kappa shape index (κ3) is 4.87. The Morgan fingerprint density at radius 2 is 1.71 bits per heavy atom. The van der Waals surface area contributed by atoms with E-state index in [-0.39, 0.29) is 49.4 Å². The Bertz CT molecular complexity index is 1360. The van der Waals surface area contributed by atoms with Gasteiger partial charge in [-0.1, -0.05) is 41.4 Å². The van der Waals surface area contributed by atoms with Gasteiger partial charge in [0.15, 0.2) is 5.69 Å². The second-order valence-corrected chi connectivity index (χ2v) is 11.1. The molecule has 3 aromatic rings. The van der Waals surface area contributed by atoms with Gasteiger partial charge in [-0.25, -0.2) is 18.0 Å². The van der Waals surface area contributed by atoms with Crippen molar-refractivity contribution in [3.8, 4) is 0 Å². The highest BCUT2D eigenvalue weighted by Crippen LogP contribution is 2.42. The molecule has 8 nitrogen and oxygen atoms in total. The van der Waals surface area contributed by atoms with E-state index in [2.05, 4.69) is 4.98 Å². The monoisotopic (exact) mass is 526 g/mol. The fraction of sp³-hybridized carbons (Fsp3) is 0.304. The van der Waals surface area contributed by atoms with E-state index in [0.29, 0.717) is 0 Å². The van der Waals surface area contributed by atoms with Crippen molar-refractivity contribution >= 4 is 61.8 Å². The summed E-state index contributed by atoms with van der Waals surface area (Å²) in [7, 11) is -2.83. The van der Waals surface area contributed by atoms with E-state index in [4.69, 9.17) is 32.7 Å². The van der Waals surface area contributed by atoms with Gasteiger partial charge in [-0.15, -0.1) is 0 Å². The number of benzene rings is 2. The van der Waals surface area contributed by atoms with Gasteiger partial charge in [0.2, 0.25) is 0 Å². The van der Waals surface area contributed by atoms with Gasteiger partial charge in [0.25, 0.3) is 10.0 Å². The van der Waals surface area contributed by atoms with Crippen LogP contribution in [0, 0.1) is 0 Å². The molecule has 11 heteroatoms. The Morgan fingerprint density at radius 1 is 1.09 bits per heavy atom. The van der Waals surface area contributed by atoms with E-state index >= 15 is 0 Å². The predicted molar refractivity (Wildman–Crippen MR) is 131 cm³/mol. The lowest BCUT2D eigenvalue weighted by Crippen LogP contribution is -2.28. The molecule has 0 aliphatic heterocycles. The van der Waals surface area contributed by atoms with Crippen molar-refractivity contribution < 1.29 is 27.5 Å². The summed E-state index contributed by atoms with van der Waals surface area (Å²) in [5.41, 5.74) is -0.965. The molecule has 0 saturated carbocycles. The van der Waals surface area contributed by atoms with E-state index in [1.165, 1.54) is 25.2 Å². The van der Waals surface area contributed by atoms with Crippen LogP contribution in [0.2, 0.25) is 10.0 Å². The standard InChI is InChI=1S/C23H24Cl2N2O6S/c1-6-32-22(29)19-20(27(5)34(30,31)13-10-8-7-9-11-13)17-15(26-19)12-14(24)16(18(17)25)21(28)33-23(2,3)4/h7-12,26H,6H2,1-5H3. The van der Waals surface area contributed by atoms with Crippen LogP contribution in [-0.2, 0) is 19.5 Å². The normalized spacial score (nSPS) is 12.0. The maximum atomic E-state index is 13.4. The molecule has 0 aliphatic carbocycles. The van der Waals surface area contributed by atoms with Crippen molar-refractivity contribution in [3.63, 3.8) is 0 Å². The second kappa shape index (κ2) is 9.48. The molecule has 0 radical (unpaired) electrons. The molecule has 34 heavy (non-hydrogen) atoms. The van der Waals surface area contributed by atoms with Crippen LogP contribution in [0.3, 0.4) is 0 Å². The third-order valence-electron chi connectivity index (χ3n) is 4.75. The smallest absolute Gasteiger partial charge is 0.356 e. The molecule has 0 saturated heterocycles. The number of aromatic nitrogens is 1. The molecule has 0 bridgehead atoms. The van der Waals surface area contributed by atoms with E-state index in [1.54, 1.807) is 45.9 Å². The summed E-state index contributed by atoms with van der Waals surface area (Å²) in [6.45, 7) is 6.74. The Balaban J connectivity index is 2.34. The summed E-state index contributed by atoms with van der Waals surface area (Å²) in [4.78, 5) is 28.5. The van der Waals surface area contributed by atoms with Gasteiger partial charge in [0.05, 0.1) is 38.3 Å². The molecule has 182 valence electrons. The lowest BCUT2D eigenvalue weighted by molar-refractivity contribution is 0.00698. The fourth-order valence-electron chi connectivity index (χ4n) is 3.32. The number of ether oxygens (including phenoxy) is 2. The van der Waals surface area contributed by atoms with Crippen LogP contribution in [0.1, 0.15) is 48.5 Å². The zero-order valence-corrected chi connectivity index (χ0v) is 21.6. The molecule has 0 atom stereocenters. The number of nitrogens with zero attached hydrogens (tertiary/aromatic N) is 1. The number of nitrogens with one attached hydrogen (secondary N) is 1. The number of esters is 2. The SMILES string of the molecule is CCOC(=O)c1[nH]c2cc(Cl)c(C(=O)OC(C)(C)C)c(Cl)c2c1N(C)S(=O)(=O)c1ccccc1. The topological polar surface area (TPSA) is 106 Å². The number of aromatic amines is 1. The Hall–Kier alpha value is -2.75. The minimum Gasteiger partial charge on any atom is -0.461 e. The van der Waals surface area contributed by atoms with E-state index in [0.717, 1.165) is 4.31 Å². The van der Waals surface area contributed by atoms with Crippen molar-refractivity contribution in [2.75, 3.05) is 18.0 Å². The minimum atomic E-state index is -4.12. The summed E-state index contributed by atoms with van der Waals surface area (Å²) in [5, 5.41) is -0.0748. The van der Waals surface area contributed by atoms with Crippen LogP contribution in [0.25, 0.3) is 10.9 Å². The first-order valence-electron chi connectivity index (χ1n) is 10.3. The first kappa shape index (κ1) is 25.9. The highest BCUT2D eigenvalue weighted by Gasteiger charge is 2.33. The molecule has 3 rings (SSSR count). The summed E-state index contributed by atoms with van der Waals surface area (Å²) < 4.78 is 38.2. The molecular weight excluding hydrogens is 503 g/mol. The number of carbonyl (C=O) groups excluding carboxylic acids is 2. The summed E-state index contributed by atoms with van der Waals surface area (Å²) in [6.07, 6.45) is 0. The first-order chi connectivity index (χ1) is 15.8. The van der Waals surface area contributed by atoms with Gasteiger partial charge in [0, 0.05) is 12.4 Å². The maximum Gasteiger partial charge on any atom is 0.356 e. The van der Waals surface area contributed by atoms with E-state index < -0.39 is 27.6 Å². The molecule has 0 amide bonds. The molecule has 1 N–H and O–H groups in total. The van der Waals surface area contributed by atoms with E-state index in [1.807, 2.05) is 0 Å². The fourth-order valence-corrected chi connectivity index (χ4v) is 5.26. The predicted octanol–water partition coefficient (Wildman–Crippen LogP) is 5.43. The van der Waals surface area contributed by atoms with E-state index in [9.17, 15) is 18.0 Å². The number of hydrogen-bond donors (Lipinski definition) is 1. The highest BCUT2D eigenvalue weighted by molar-refractivity contribution is 7.92. The number of hydrogen-bond acceptors (Lipinski definition) is 6. The molecule has 0 unspecified atom stereocenters. The van der Waals surface area contributed by atoms with Crippen molar-refractivity contribution in [1.82, 2.24) is 4.98 Å². The lowest BCUT2D eigenvalue weighted by atomic mass is 10.1. The first-order valence-corrected chi connectivity index (χ1v) is 12.5. The van der Waals surface area contributed by atoms with Crippen molar-refractivity contribution in [1.29, 1.82) is 0 Å². The van der Waals surface area contributed by atoms with Gasteiger partial charge in [0.1, 0.15) is 5.60 Å². The Morgan fingerprint density at radius 3 is 2.26 bits per heavy atom. The number of H-pyrrole nitrogens is 1. The number of rotatable bonds is 6. The van der Waals surface area contributed by atoms with Crippen LogP contribution >= 0.6 is 23.2 Å². The van der Waals surface area contributed by atoms with Crippen LogP contribution in [0.4, 0.5) is 5.69 Å². The van der Waals surface area contributed by atoms with Crippen molar-refractivity contribution in [2.45, 2.75) is 38.2 Å². The second-order valence-electron chi connectivity index (χ2n) is 8.33. The van der Waals surface area contributed by atoms with Crippen LogP contribution in [-0.4, -0.2) is 44.6 Å². The molecule has 1 heterocycles. The van der Waals surface area contributed by atoms with Gasteiger partial charge in [-0.05, 0) is 45.9 Å². The summed E-state index contributed by atoms with van der Waals surface area (Å²) in [5.74, 6) is -1.59. The highest BCUT2D eigenvalue weighted by atomic mass is 35.5. The lowest BCUT2D eigenvalue weighted by Gasteiger charge is -2.22. The molecule has 0 spiro atoms. The molecule has 2 aromatic carbocycles. The molecule has 1 aromatic heterocycles. The number of anilines is 1. The summed E-state index contributed by atoms with van der Waals surface area (Å²) in [6, 6.07) is 9.08. The average molecular weight is 527 g/mol. The average Bonchev–Trinajstić information content (AvgIpc) is 3.12. The van der Waals surface area contributed by atoms with Crippen LogP contribution in [0.15, 0.2) is 41.3 Å². The van der Waals surface area contributed by atoms with Gasteiger partial charge in [-0.2, -0.15) is 0 Å². The van der Waals surface area contributed by atoms with Gasteiger partial charge in [-0.3, -0.25) is 4.31 Å². The largest absolute Gasteiger partial charge is 0.461 e. The summed E-state index contributed by atoms with van der Waals surface area (Å²) >= 11 is 13.0. The number of halogens is 2. The Kier molecular flexibility index (Phi) is 7.21. The minimum absolute atomic E-state index is 0.000824. The van der Waals surface area contributed by atoms with Gasteiger partial charge < -0.3 is 14.5 Å². The van der Waals surface area contributed by atoms with Crippen molar-refractivity contribution in [2.24, 2.45) is 0 Å². The molecule has 0 fully saturated rings. The zero-order chi connectivity index (χ0) is 25.4. The quantitative estimate of drug-likeness (QED) is 0.429. The van der Waals surface area contributed by atoms with Crippen molar-refractivity contribution in [3.05, 3.63) is 57.7 Å². The Labute approximate surface area is 207 Å². The number of sulfonamides is 1. The zero-order valence-electron chi connectivity index (χ0n) is 19.2.